The number of nitrogens with zero attached hydrogens (tertiary/aromatic N) is 3. The Balaban J connectivity index is 0.988. The van der Waals surface area contributed by atoms with E-state index in [2.05, 4.69) is 87.9 Å². The van der Waals surface area contributed by atoms with E-state index in [1.165, 1.54) is 36.0 Å². The lowest BCUT2D eigenvalue weighted by molar-refractivity contribution is -0.136. The predicted molar refractivity (Wildman–Crippen MR) is 160 cm³/mol. The lowest BCUT2D eigenvalue weighted by Gasteiger charge is -2.43. The molecule has 0 saturated carbocycles. The van der Waals surface area contributed by atoms with Crippen molar-refractivity contribution in [3.05, 3.63) is 107 Å². The van der Waals surface area contributed by atoms with Crippen molar-refractivity contribution in [2.75, 3.05) is 26.2 Å². The number of imide groups is 1. The second-order valence-corrected chi connectivity index (χ2v) is 12.6. The summed E-state index contributed by atoms with van der Waals surface area (Å²) in [5.41, 5.74) is 5.97. The number of carbonyl (C=O) groups is 3. The molecule has 1 N–H and O–H groups in total. The summed E-state index contributed by atoms with van der Waals surface area (Å²) in [7, 11) is 0. The van der Waals surface area contributed by atoms with Crippen molar-refractivity contribution < 1.29 is 14.4 Å². The van der Waals surface area contributed by atoms with E-state index in [4.69, 9.17) is 0 Å². The van der Waals surface area contributed by atoms with E-state index in [1.54, 1.807) is 4.90 Å². The van der Waals surface area contributed by atoms with Crippen molar-refractivity contribution in [2.45, 2.75) is 57.3 Å². The molecule has 0 bridgehead atoms. The SMILES string of the molecule is O=C1CCC(N2Cc3cc(CN4CCC5(CCN(C(c6ccccc6)c6ccccc6)CC5)C4)ccc3C2=O)C(=O)N1. The number of nitrogens with one attached hydrogen (secondary N) is 1. The van der Waals surface area contributed by atoms with Crippen molar-refractivity contribution in [2.24, 2.45) is 5.41 Å². The average molecular weight is 563 g/mol. The summed E-state index contributed by atoms with van der Waals surface area (Å²) in [6.07, 6.45) is 4.31. The van der Waals surface area contributed by atoms with E-state index in [0.717, 1.165) is 38.3 Å². The van der Waals surface area contributed by atoms with Gasteiger partial charge in [-0.1, -0.05) is 72.8 Å². The quantitative estimate of drug-likeness (QED) is 0.447. The molecule has 3 aromatic rings. The molecular formula is C35H38N4O3. The minimum atomic E-state index is -0.571. The molecule has 3 fully saturated rings. The third kappa shape index (κ3) is 5.16. The van der Waals surface area contributed by atoms with Crippen LogP contribution < -0.4 is 5.32 Å². The fraction of sp³-hybridized carbons (Fsp3) is 0.400. The van der Waals surface area contributed by atoms with E-state index < -0.39 is 6.04 Å². The Morgan fingerprint density at radius 3 is 2.17 bits per heavy atom. The molecule has 1 spiro atoms. The van der Waals surface area contributed by atoms with Gasteiger partial charge in [0.1, 0.15) is 6.04 Å². The highest BCUT2D eigenvalue weighted by Crippen LogP contribution is 2.43. The molecule has 4 aliphatic heterocycles. The van der Waals surface area contributed by atoms with Crippen LogP contribution in [0.4, 0.5) is 0 Å². The molecule has 216 valence electrons. The van der Waals surface area contributed by atoms with E-state index in [1.807, 2.05) is 6.07 Å². The molecule has 3 amide bonds. The number of hydrogen-bond acceptors (Lipinski definition) is 5. The first-order chi connectivity index (χ1) is 20.5. The van der Waals surface area contributed by atoms with Crippen LogP contribution in [0.15, 0.2) is 78.9 Å². The topological polar surface area (TPSA) is 73.0 Å². The molecule has 0 aliphatic carbocycles. The Morgan fingerprint density at radius 2 is 1.50 bits per heavy atom. The summed E-state index contributed by atoms with van der Waals surface area (Å²) in [4.78, 5) is 43.9. The zero-order valence-electron chi connectivity index (χ0n) is 24.0. The Hall–Kier alpha value is -3.81. The van der Waals surface area contributed by atoms with Crippen LogP contribution in [-0.4, -0.2) is 64.6 Å². The average Bonchev–Trinajstić information content (AvgIpc) is 3.55. The van der Waals surface area contributed by atoms with Gasteiger partial charge in [-0.3, -0.25) is 29.5 Å². The van der Waals surface area contributed by atoms with E-state index >= 15 is 0 Å². The van der Waals surface area contributed by atoms with Gasteiger partial charge in [-0.25, -0.2) is 0 Å². The minimum Gasteiger partial charge on any atom is -0.322 e. The minimum absolute atomic E-state index is 0.109. The van der Waals surface area contributed by atoms with Crippen LogP contribution in [0.3, 0.4) is 0 Å². The number of fused-ring (bicyclic) bond motifs is 1. The molecule has 0 radical (unpaired) electrons. The number of carbonyl (C=O) groups excluding carboxylic acids is 3. The van der Waals surface area contributed by atoms with Crippen LogP contribution in [0.5, 0.6) is 0 Å². The molecule has 3 aromatic carbocycles. The first kappa shape index (κ1) is 27.0. The first-order valence-corrected chi connectivity index (χ1v) is 15.3. The van der Waals surface area contributed by atoms with Crippen molar-refractivity contribution in [3.63, 3.8) is 0 Å². The summed E-state index contributed by atoms with van der Waals surface area (Å²) in [6, 6.07) is 27.7. The first-order valence-electron chi connectivity index (χ1n) is 15.3. The van der Waals surface area contributed by atoms with Crippen LogP contribution >= 0.6 is 0 Å². The zero-order valence-corrected chi connectivity index (χ0v) is 24.0. The number of hydrogen-bond donors (Lipinski definition) is 1. The normalized spacial score (nSPS) is 22.6. The number of amides is 3. The second kappa shape index (κ2) is 11.1. The molecular weight excluding hydrogens is 524 g/mol. The number of rotatable bonds is 6. The summed E-state index contributed by atoms with van der Waals surface area (Å²) in [5.74, 6) is -0.730. The van der Waals surface area contributed by atoms with E-state index in [9.17, 15) is 14.4 Å². The highest BCUT2D eigenvalue weighted by atomic mass is 16.2. The molecule has 4 aliphatic rings. The predicted octanol–water partition coefficient (Wildman–Crippen LogP) is 4.53. The smallest absolute Gasteiger partial charge is 0.255 e. The number of benzene rings is 3. The number of piperidine rings is 2. The van der Waals surface area contributed by atoms with Gasteiger partial charge in [-0.15, -0.1) is 0 Å². The Kier molecular flexibility index (Phi) is 7.16. The van der Waals surface area contributed by atoms with Gasteiger partial charge in [-0.05, 0) is 79.1 Å². The van der Waals surface area contributed by atoms with Crippen molar-refractivity contribution in [3.8, 4) is 0 Å². The van der Waals surface area contributed by atoms with Crippen LogP contribution in [0.25, 0.3) is 0 Å². The van der Waals surface area contributed by atoms with Crippen molar-refractivity contribution in [1.82, 2.24) is 20.0 Å². The zero-order chi connectivity index (χ0) is 28.7. The molecule has 3 saturated heterocycles. The highest BCUT2D eigenvalue weighted by Gasteiger charge is 2.42. The van der Waals surface area contributed by atoms with E-state index in [-0.39, 0.29) is 30.2 Å². The Morgan fingerprint density at radius 1 is 0.833 bits per heavy atom. The maximum absolute atomic E-state index is 13.1. The largest absolute Gasteiger partial charge is 0.322 e. The van der Waals surface area contributed by atoms with Gasteiger partial charge < -0.3 is 4.90 Å². The molecule has 0 aromatic heterocycles. The van der Waals surface area contributed by atoms with Gasteiger partial charge >= 0.3 is 0 Å². The fourth-order valence-electron chi connectivity index (χ4n) is 7.70. The molecule has 7 heteroatoms. The summed E-state index contributed by atoms with van der Waals surface area (Å²) in [6.45, 7) is 5.71. The number of likely N-dealkylation sites (tertiary alicyclic amines) is 2. The summed E-state index contributed by atoms with van der Waals surface area (Å²) in [5, 5.41) is 2.39. The van der Waals surface area contributed by atoms with Gasteiger partial charge in [0.15, 0.2) is 0 Å². The molecule has 1 unspecified atom stereocenters. The maximum atomic E-state index is 13.1. The molecule has 42 heavy (non-hydrogen) atoms. The van der Waals surface area contributed by atoms with Crippen LogP contribution in [0, 0.1) is 5.41 Å². The van der Waals surface area contributed by atoms with Crippen molar-refractivity contribution >= 4 is 17.7 Å². The van der Waals surface area contributed by atoms with E-state index in [0.29, 0.717) is 23.9 Å². The third-order valence-electron chi connectivity index (χ3n) is 9.97. The molecule has 1 atom stereocenters. The lowest BCUT2D eigenvalue weighted by atomic mass is 9.77. The Bertz CT molecular complexity index is 1440. The van der Waals surface area contributed by atoms with Crippen LogP contribution in [-0.2, 0) is 22.7 Å². The van der Waals surface area contributed by atoms with Gasteiger partial charge in [0, 0.05) is 31.6 Å². The fourth-order valence-corrected chi connectivity index (χ4v) is 7.70. The van der Waals surface area contributed by atoms with Crippen LogP contribution in [0.1, 0.15) is 70.8 Å². The van der Waals surface area contributed by atoms with Gasteiger partial charge in [0.25, 0.3) is 5.91 Å². The second-order valence-electron chi connectivity index (χ2n) is 12.6. The summed E-state index contributed by atoms with van der Waals surface area (Å²) >= 11 is 0. The van der Waals surface area contributed by atoms with Gasteiger partial charge in [-0.2, -0.15) is 0 Å². The standard InChI is InChI=1S/C35H38N4O3/c40-31-14-13-30(33(41)36-31)39-23-28-21-25(11-12-29(28)34(39)42)22-37-18-15-35(24-37)16-19-38(20-17-35)32(26-7-3-1-4-8-26)27-9-5-2-6-10-27/h1-12,21,30,32H,13-20,22-24H2,(H,36,40,41). The highest BCUT2D eigenvalue weighted by molar-refractivity contribution is 6.05. The maximum Gasteiger partial charge on any atom is 0.255 e. The van der Waals surface area contributed by atoms with Crippen molar-refractivity contribution in [1.29, 1.82) is 0 Å². The Labute approximate surface area is 247 Å². The van der Waals surface area contributed by atoms with Gasteiger partial charge in [0.05, 0.1) is 6.04 Å². The molecule has 4 heterocycles. The van der Waals surface area contributed by atoms with Crippen LogP contribution in [0.2, 0.25) is 0 Å². The summed E-state index contributed by atoms with van der Waals surface area (Å²) < 4.78 is 0. The monoisotopic (exact) mass is 562 g/mol. The van der Waals surface area contributed by atoms with Gasteiger partial charge in [0.2, 0.25) is 11.8 Å². The third-order valence-corrected chi connectivity index (χ3v) is 9.97. The molecule has 7 rings (SSSR count). The molecule has 7 nitrogen and oxygen atoms in total. The lowest BCUT2D eigenvalue weighted by Crippen LogP contribution is -2.52.